The number of hydrogen-bond acceptors (Lipinski definition) is 4. The number of carbonyl (C=O) groups excluding carboxylic acids is 1. The molecule has 1 amide bonds. The highest BCUT2D eigenvalue weighted by molar-refractivity contribution is 5.85. The summed E-state index contributed by atoms with van der Waals surface area (Å²) >= 11 is 0. The van der Waals surface area contributed by atoms with Gasteiger partial charge in [0.2, 0.25) is 5.91 Å². The second kappa shape index (κ2) is 10.4. The molecule has 1 saturated heterocycles. The van der Waals surface area contributed by atoms with Crippen LogP contribution in [-0.4, -0.2) is 43.6 Å². The van der Waals surface area contributed by atoms with E-state index >= 15 is 0 Å². The number of hydrogen-bond donors (Lipinski definition) is 2. The fraction of sp³-hybridized carbons (Fsp3) is 0.562. The van der Waals surface area contributed by atoms with Crippen LogP contribution in [0.4, 0.5) is 8.78 Å². The molecule has 1 heterocycles. The van der Waals surface area contributed by atoms with Crippen molar-refractivity contribution < 1.29 is 18.3 Å². The van der Waals surface area contributed by atoms with Crippen molar-refractivity contribution >= 4 is 18.3 Å². The van der Waals surface area contributed by atoms with Crippen LogP contribution in [0, 0.1) is 5.92 Å². The zero-order valence-electron chi connectivity index (χ0n) is 13.4. The lowest BCUT2D eigenvalue weighted by atomic mass is 9.96. The van der Waals surface area contributed by atoms with Gasteiger partial charge in [0, 0.05) is 26.2 Å². The van der Waals surface area contributed by atoms with Crippen molar-refractivity contribution in [2.75, 3.05) is 26.2 Å². The van der Waals surface area contributed by atoms with E-state index in [0.29, 0.717) is 26.2 Å². The number of nitrogens with one attached hydrogen (secondary N) is 1. The number of piperidine rings is 1. The molecule has 5 nitrogen and oxygen atoms in total. The molecule has 1 aliphatic heterocycles. The minimum atomic E-state index is -2.81. The van der Waals surface area contributed by atoms with Crippen LogP contribution in [0.3, 0.4) is 0 Å². The third-order valence-corrected chi connectivity index (χ3v) is 3.87. The third-order valence-electron chi connectivity index (χ3n) is 3.87. The second-order valence-corrected chi connectivity index (χ2v) is 5.68. The Morgan fingerprint density at radius 2 is 2.08 bits per heavy atom. The molecule has 0 saturated carbocycles. The molecule has 24 heavy (non-hydrogen) atoms. The SMILES string of the molecule is Cl.NCCNC(=O)C1CCCN(Cc2ccc(OC(F)F)cc2)C1. The summed E-state index contributed by atoms with van der Waals surface area (Å²) in [7, 11) is 0. The molecule has 1 aliphatic rings. The van der Waals surface area contributed by atoms with Gasteiger partial charge in [-0.3, -0.25) is 9.69 Å². The highest BCUT2D eigenvalue weighted by atomic mass is 35.5. The lowest BCUT2D eigenvalue weighted by Gasteiger charge is -2.32. The number of halogens is 3. The summed E-state index contributed by atoms with van der Waals surface area (Å²) in [4.78, 5) is 14.2. The standard InChI is InChI=1S/C16H23F2N3O2.ClH/c17-16(18)23-14-5-3-12(4-6-14)10-21-9-1-2-13(11-21)15(22)20-8-7-19;/h3-6,13,16H,1-2,7-11,19H2,(H,20,22);1H. The molecule has 0 aliphatic carbocycles. The Labute approximate surface area is 146 Å². The van der Waals surface area contributed by atoms with E-state index in [0.717, 1.165) is 24.9 Å². The zero-order chi connectivity index (χ0) is 16.7. The molecular formula is C16H24ClF2N3O2. The maximum absolute atomic E-state index is 12.1. The van der Waals surface area contributed by atoms with E-state index in [1.807, 2.05) is 0 Å². The van der Waals surface area contributed by atoms with Crippen LogP contribution < -0.4 is 15.8 Å². The molecule has 1 fully saturated rings. The molecule has 0 spiro atoms. The minimum absolute atomic E-state index is 0. The summed E-state index contributed by atoms with van der Waals surface area (Å²) in [5.41, 5.74) is 6.40. The monoisotopic (exact) mass is 363 g/mol. The van der Waals surface area contributed by atoms with Gasteiger partial charge in [-0.05, 0) is 37.1 Å². The van der Waals surface area contributed by atoms with Crippen molar-refractivity contribution in [3.63, 3.8) is 0 Å². The second-order valence-electron chi connectivity index (χ2n) is 5.68. The molecule has 1 atom stereocenters. The first-order valence-corrected chi connectivity index (χ1v) is 7.82. The quantitative estimate of drug-likeness (QED) is 0.777. The van der Waals surface area contributed by atoms with E-state index in [1.165, 1.54) is 12.1 Å². The maximum Gasteiger partial charge on any atom is 0.387 e. The van der Waals surface area contributed by atoms with Crippen molar-refractivity contribution in [2.24, 2.45) is 11.7 Å². The van der Waals surface area contributed by atoms with Crippen LogP contribution >= 0.6 is 12.4 Å². The number of nitrogens with two attached hydrogens (primary N) is 1. The molecule has 0 aromatic heterocycles. The van der Waals surface area contributed by atoms with Crippen LogP contribution in [0.1, 0.15) is 18.4 Å². The Morgan fingerprint density at radius 3 is 2.71 bits per heavy atom. The summed E-state index contributed by atoms with van der Waals surface area (Å²) in [6.45, 7) is 0.448. The first-order chi connectivity index (χ1) is 11.1. The number of ether oxygens (including phenoxy) is 1. The van der Waals surface area contributed by atoms with E-state index in [1.54, 1.807) is 12.1 Å². The van der Waals surface area contributed by atoms with Crippen molar-refractivity contribution in [1.29, 1.82) is 0 Å². The van der Waals surface area contributed by atoms with Gasteiger partial charge in [-0.25, -0.2) is 0 Å². The smallest absolute Gasteiger partial charge is 0.387 e. The van der Waals surface area contributed by atoms with Gasteiger partial charge in [0.05, 0.1) is 5.92 Å². The van der Waals surface area contributed by atoms with Crippen LogP contribution in [0.2, 0.25) is 0 Å². The van der Waals surface area contributed by atoms with Gasteiger partial charge in [0.1, 0.15) is 5.75 Å². The number of carbonyl (C=O) groups is 1. The predicted octanol–water partition coefficient (Wildman–Crippen LogP) is 2.00. The average Bonchev–Trinajstić information content (AvgIpc) is 2.54. The lowest BCUT2D eigenvalue weighted by molar-refractivity contribution is -0.126. The van der Waals surface area contributed by atoms with Gasteiger partial charge in [0.25, 0.3) is 0 Å². The fourth-order valence-corrected chi connectivity index (χ4v) is 2.79. The largest absolute Gasteiger partial charge is 0.435 e. The van der Waals surface area contributed by atoms with Gasteiger partial charge in [-0.2, -0.15) is 8.78 Å². The van der Waals surface area contributed by atoms with Gasteiger partial charge in [0.15, 0.2) is 0 Å². The summed E-state index contributed by atoms with van der Waals surface area (Å²) in [6.07, 6.45) is 1.85. The molecule has 8 heteroatoms. The van der Waals surface area contributed by atoms with E-state index in [4.69, 9.17) is 5.73 Å². The molecule has 1 aromatic rings. The summed E-state index contributed by atoms with van der Waals surface area (Å²) in [6, 6.07) is 6.62. The fourth-order valence-electron chi connectivity index (χ4n) is 2.79. The summed E-state index contributed by atoms with van der Waals surface area (Å²) in [5.74, 6) is 0.194. The number of alkyl halides is 2. The Morgan fingerprint density at radius 1 is 1.38 bits per heavy atom. The zero-order valence-corrected chi connectivity index (χ0v) is 14.2. The topological polar surface area (TPSA) is 67.6 Å². The highest BCUT2D eigenvalue weighted by Gasteiger charge is 2.25. The van der Waals surface area contributed by atoms with Crippen molar-refractivity contribution in [2.45, 2.75) is 26.0 Å². The van der Waals surface area contributed by atoms with Crippen molar-refractivity contribution in [3.05, 3.63) is 29.8 Å². The summed E-state index contributed by atoms with van der Waals surface area (Å²) < 4.78 is 28.6. The number of nitrogens with zero attached hydrogens (tertiary/aromatic N) is 1. The van der Waals surface area contributed by atoms with Gasteiger partial charge < -0.3 is 15.8 Å². The Balaban J connectivity index is 0.00000288. The molecule has 136 valence electrons. The Bertz CT molecular complexity index is 503. The van der Waals surface area contributed by atoms with Crippen LogP contribution in [0.5, 0.6) is 5.75 Å². The van der Waals surface area contributed by atoms with Gasteiger partial charge in [-0.1, -0.05) is 12.1 Å². The van der Waals surface area contributed by atoms with Crippen molar-refractivity contribution in [3.8, 4) is 5.75 Å². The molecule has 1 unspecified atom stereocenters. The summed E-state index contributed by atoms with van der Waals surface area (Å²) in [5, 5.41) is 2.83. The van der Waals surface area contributed by atoms with E-state index in [2.05, 4.69) is 15.0 Å². The average molecular weight is 364 g/mol. The number of benzene rings is 1. The molecule has 2 rings (SSSR count). The normalized spacial score (nSPS) is 18.1. The lowest BCUT2D eigenvalue weighted by Crippen LogP contribution is -2.43. The molecule has 0 radical (unpaired) electrons. The van der Waals surface area contributed by atoms with Crippen molar-refractivity contribution in [1.82, 2.24) is 10.2 Å². The number of likely N-dealkylation sites (tertiary alicyclic amines) is 1. The van der Waals surface area contributed by atoms with E-state index < -0.39 is 6.61 Å². The first kappa shape index (κ1) is 20.6. The van der Waals surface area contributed by atoms with Crippen LogP contribution in [0.25, 0.3) is 0 Å². The first-order valence-electron chi connectivity index (χ1n) is 7.82. The maximum atomic E-state index is 12.1. The van der Waals surface area contributed by atoms with E-state index in [9.17, 15) is 13.6 Å². The molecule has 0 bridgehead atoms. The Hall–Kier alpha value is -1.44. The molecule has 1 aromatic carbocycles. The van der Waals surface area contributed by atoms with Gasteiger partial charge in [-0.15, -0.1) is 12.4 Å². The molecular weight excluding hydrogens is 340 g/mol. The van der Waals surface area contributed by atoms with Crippen LogP contribution in [-0.2, 0) is 11.3 Å². The minimum Gasteiger partial charge on any atom is -0.435 e. The van der Waals surface area contributed by atoms with Crippen LogP contribution in [0.15, 0.2) is 24.3 Å². The highest BCUT2D eigenvalue weighted by Crippen LogP contribution is 2.20. The van der Waals surface area contributed by atoms with Gasteiger partial charge >= 0.3 is 6.61 Å². The third kappa shape index (κ3) is 6.59. The predicted molar refractivity (Wildman–Crippen MR) is 90.4 cm³/mol. The Kier molecular flexibility index (Phi) is 8.95. The molecule has 3 N–H and O–H groups in total. The number of rotatable bonds is 7. The van der Waals surface area contributed by atoms with E-state index in [-0.39, 0.29) is 30.0 Å². The number of amides is 1.